The van der Waals surface area contributed by atoms with Crippen molar-refractivity contribution in [2.24, 2.45) is 0 Å². The Kier molecular flexibility index (Phi) is 39.1. The zero-order valence-electron chi connectivity index (χ0n) is 38.2. The van der Waals surface area contributed by atoms with E-state index in [9.17, 15) is 19.5 Å². The van der Waals surface area contributed by atoms with Crippen molar-refractivity contribution in [2.75, 3.05) is 41.0 Å². The lowest BCUT2D eigenvalue weighted by molar-refractivity contribution is -0.889. The van der Waals surface area contributed by atoms with Gasteiger partial charge in [0, 0.05) is 19.3 Å². The normalized spacial score (nSPS) is 13.3. The number of carbonyl (C=O) groups excluding carboxylic acids is 3. The molecule has 8 nitrogen and oxygen atoms in total. The largest absolute Gasteiger partial charge is 0.544 e. The second-order valence-corrected chi connectivity index (χ2v) is 17.0. The Morgan fingerprint density at radius 3 is 1.33 bits per heavy atom. The monoisotopic (exact) mass is 816 g/mol. The Labute approximate surface area is 356 Å². The molecule has 0 saturated carbocycles. The van der Waals surface area contributed by atoms with Gasteiger partial charge in [-0.05, 0) is 77.0 Å². The molecular formula is C50H89NO7. The summed E-state index contributed by atoms with van der Waals surface area (Å²) in [4.78, 5) is 36.9. The van der Waals surface area contributed by atoms with Crippen LogP contribution in [0.3, 0.4) is 0 Å². The molecule has 0 spiro atoms. The summed E-state index contributed by atoms with van der Waals surface area (Å²) in [6.45, 7) is 4.60. The third-order valence-electron chi connectivity index (χ3n) is 10.4. The van der Waals surface area contributed by atoms with Gasteiger partial charge in [-0.25, -0.2) is 0 Å². The predicted molar refractivity (Wildman–Crippen MR) is 240 cm³/mol. The van der Waals surface area contributed by atoms with Gasteiger partial charge in [-0.3, -0.25) is 9.59 Å². The number of unbranched alkanes of at least 4 members (excludes halogenated alkanes) is 20. The maximum absolute atomic E-state index is 12.7. The van der Waals surface area contributed by atoms with Crippen molar-refractivity contribution in [3.8, 4) is 0 Å². The summed E-state index contributed by atoms with van der Waals surface area (Å²) in [5, 5.41) is 11.6. The highest BCUT2D eigenvalue weighted by Gasteiger charge is 2.25. The Morgan fingerprint density at radius 1 is 0.517 bits per heavy atom. The molecule has 0 rings (SSSR count). The van der Waals surface area contributed by atoms with E-state index in [2.05, 4.69) is 62.5 Å². The average molecular weight is 816 g/mol. The van der Waals surface area contributed by atoms with Crippen LogP contribution in [0.25, 0.3) is 0 Å². The second-order valence-electron chi connectivity index (χ2n) is 17.0. The third kappa shape index (κ3) is 38.8. The highest BCUT2D eigenvalue weighted by atomic mass is 16.6. The maximum Gasteiger partial charge on any atom is 0.306 e. The van der Waals surface area contributed by atoms with E-state index >= 15 is 0 Å². The zero-order chi connectivity index (χ0) is 42.8. The van der Waals surface area contributed by atoms with Crippen LogP contribution in [-0.4, -0.2) is 75.5 Å². The van der Waals surface area contributed by atoms with Crippen LogP contribution in [0.1, 0.15) is 200 Å². The van der Waals surface area contributed by atoms with E-state index < -0.39 is 18.1 Å². The fourth-order valence-electron chi connectivity index (χ4n) is 6.72. The molecule has 58 heavy (non-hydrogen) atoms. The summed E-state index contributed by atoms with van der Waals surface area (Å²) in [7, 11) is 5.40. The quantitative estimate of drug-likeness (QED) is 0.0262. The average Bonchev–Trinajstić information content (AvgIpc) is 3.18. The zero-order valence-corrected chi connectivity index (χ0v) is 38.2. The topological polar surface area (TPSA) is 102 Å². The van der Waals surface area contributed by atoms with E-state index in [1.807, 2.05) is 0 Å². The number of carboxylic acids is 1. The number of carboxylic acid groups (broad SMARTS) is 1. The number of likely N-dealkylation sites (N-methyl/N-ethyl adjacent to an activating group) is 1. The molecule has 0 heterocycles. The van der Waals surface area contributed by atoms with Crippen LogP contribution in [0.15, 0.2) is 48.6 Å². The molecule has 0 saturated heterocycles. The molecule has 0 aliphatic rings. The van der Waals surface area contributed by atoms with E-state index in [4.69, 9.17) is 14.2 Å². The molecule has 0 bridgehead atoms. The number of quaternary nitrogens is 1. The van der Waals surface area contributed by atoms with Gasteiger partial charge in [0.05, 0.1) is 40.3 Å². The Bertz CT molecular complexity index is 1090. The van der Waals surface area contributed by atoms with Gasteiger partial charge in [0.1, 0.15) is 12.6 Å². The van der Waals surface area contributed by atoms with Gasteiger partial charge in [0.2, 0.25) is 0 Å². The lowest BCUT2D eigenvalue weighted by Crippen LogP contribution is -2.55. The molecule has 2 unspecified atom stereocenters. The van der Waals surface area contributed by atoms with Crippen LogP contribution in [0, 0.1) is 0 Å². The summed E-state index contributed by atoms with van der Waals surface area (Å²) in [6.07, 6.45) is 48.4. The number of nitrogens with zero attached hydrogens (tertiary/aromatic N) is 1. The first-order chi connectivity index (χ1) is 28.1. The Balaban J connectivity index is 4.33. The lowest BCUT2D eigenvalue weighted by Gasteiger charge is -2.34. The number of carbonyl (C=O) groups is 3. The maximum atomic E-state index is 12.7. The fraction of sp³-hybridized carbons (Fsp3) is 0.780. The van der Waals surface area contributed by atoms with Crippen molar-refractivity contribution in [2.45, 2.75) is 212 Å². The summed E-state index contributed by atoms with van der Waals surface area (Å²) in [5.74, 6) is -1.75. The molecule has 0 radical (unpaired) electrons. The number of hydrogen-bond donors (Lipinski definition) is 0. The van der Waals surface area contributed by atoms with Gasteiger partial charge in [-0.15, -0.1) is 0 Å². The van der Waals surface area contributed by atoms with Gasteiger partial charge in [0.25, 0.3) is 0 Å². The standard InChI is InChI=1S/C50H89NO7/c1-6-8-10-12-14-16-18-20-22-24-26-28-30-32-34-36-38-40-48(52)57-45-46(44-56-43-42-47(50(54)55)51(3,4)5)58-49(53)41-39-37-35-33-31-29-27-25-23-21-19-17-15-13-11-9-7-2/h14-17,20-23,46-47H,6-13,18-19,24-45H2,1-5H3/b16-14-,17-15-,22-20-,23-21-. The van der Waals surface area contributed by atoms with Crippen LogP contribution >= 0.6 is 0 Å². The minimum atomic E-state index is -1.13. The predicted octanol–water partition coefficient (Wildman–Crippen LogP) is 11.9. The first-order valence-electron chi connectivity index (χ1n) is 23.7. The molecule has 0 aromatic rings. The van der Waals surface area contributed by atoms with E-state index in [1.54, 1.807) is 21.1 Å². The van der Waals surface area contributed by atoms with Crippen molar-refractivity contribution in [3.63, 3.8) is 0 Å². The van der Waals surface area contributed by atoms with E-state index in [-0.39, 0.29) is 42.7 Å². The Morgan fingerprint density at radius 2 is 0.914 bits per heavy atom. The summed E-state index contributed by atoms with van der Waals surface area (Å²) < 4.78 is 17.2. The Hall–Kier alpha value is -2.71. The fourth-order valence-corrected chi connectivity index (χ4v) is 6.72. The lowest BCUT2D eigenvalue weighted by atomic mass is 10.1. The van der Waals surface area contributed by atoms with Crippen molar-refractivity contribution in [1.82, 2.24) is 0 Å². The van der Waals surface area contributed by atoms with Gasteiger partial charge in [0.15, 0.2) is 6.10 Å². The summed E-state index contributed by atoms with van der Waals surface area (Å²) in [6, 6.07) is -0.729. The minimum Gasteiger partial charge on any atom is -0.544 e. The van der Waals surface area contributed by atoms with Crippen molar-refractivity contribution in [3.05, 3.63) is 48.6 Å². The summed E-state index contributed by atoms with van der Waals surface area (Å²) >= 11 is 0. The SMILES string of the molecule is CCCCC/C=C\C/C=C\CCCCCCCCCC(=O)OCC(COCCC(C(=O)[O-])[N+](C)(C)C)OC(=O)CCCCCCCCC/C=C\C/C=C\CCCCC. The van der Waals surface area contributed by atoms with Gasteiger partial charge < -0.3 is 28.6 Å². The molecule has 0 aliphatic carbocycles. The van der Waals surface area contributed by atoms with Crippen molar-refractivity contribution < 1.29 is 38.2 Å². The van der Waals surface area contributed by atoms with E-state index in [0.717, 1.165) is 64.2 Å². The minimum absolute atomic E-state index is 0.0346. The van der Waals surface area contributed by atoms with Crippen LogP contribution in [0.2, 0.25) is 0 Å². The van der Waals surface area contributed by atoms with Crippen LogP contribution in [0.5, 0.6) is 0 Å². The molecule has 0 fully saturated rings. The number of ether oxygens (including phenoxy) is 3. The highest BCUT2D eigenvalue weighted by Crippen LogP contribution is 2.14. The molecule has 0 aliphatic heterocycles. The molecule has 336 valence electrons. The number of hydrogen-bond acceptors (Lipinski definition) is 7. The van der Waals surface area contributed by atoms with Gasteiger partial charge in [-0.2, -0.15) is 0 Å². The first-order valence-corrected chi connectivity index (χ1v) is 23.7. The number of esters is 2. The van der Waals surface area contributed by atoms with Gasteiger partial charge in [-0.1, -0.05) is 152 Å². The molecule has 0 amide bonds. The molecule has 2 atom stereocenters. The molecule has 8 heteroatoms. The van der Waals surface area contributed by atoms with E-state index in [1.165, 1.54) is 103 Å². The number of allylic oxidation sites excluding steroid dienone is 8. The first kappa shape index (κ1) is 55.3. The van der Waals surface area contributed by atoms with Crippen LogP contribution < -0.4 is 5.11 Å². The van der Waals surface area contributed by atoms with Crippen molar-refractivity contribution >= 4 is 17.9 Å². The van der Waals surface area contributed by atoms with Crippen LogP contribution in [-0.2, 0) is 28.6 Å². The highest BCUT2D eigenvalue weighted by molar-refractivity contribution is 5.70. The van der Waals surface area contributed by atoms with E-state index in [0.29, 0.717) is 12.8 Å². The van der Waals surface area contributed by atoms with Gasteiger partial charge >= 0.3 is 11.9 Å². The third-order valence-corrected chi connectivity index (χ3v) is 10.4. The van der Waals surface area contributed by atoms with Crippen molar-refractivity contribution in [1.29, 1.82) is 0 Å². The second kappa shape index (κ2) is 41.0. The smallest absolute Gasteiger partial charge is 0.306 e. The van der Waals surface area contributed by atoms with Crippen LogP contribution in [0.4, 0.5) is 0 Å². The number of aliphatic carboxylic acids is 1. The molecule has 0 aromatic heterocycles. The molecule has 0 aromatic carbocycles. The number of rotatable bonds is 42. The summed E-state index contributed by atoms with van der Waals surface area (Å²) in [5.41, 5.74) is 0. The molecule has 0 N–H and O–H groups in total. The molecular weight excluding hydrogens is 727 g/mol.